The number of rotatable bonds is 5. The second-order valence-corrected chi connectivity index (χ2v) is 5.58. The first-order chi connectivity index (χ1) is 8.61. The molecule has 0 amide bonds. The minimum absolute atomic E-state index is 0.153. The number of carboxylic acids is 1. The Hall–Kier alpha value is -1.49. The van der Waals surface area contributed by atoms with Gasteiger partial charge in [-0.15, -0.1) is 0 Å². The van der Waals surface area contributed by atoms with Crippen LogP contribution in [0.3, 0.4) is 0 Å². The Balaban J connectivity index is 2.46. The molecule has 0 N–H and O–H groups in total. The van der Waals surface area contributed by atoms with Crippen LogP contribution < -0.4 is 5.11 Å². The zero-order valence-corrected chi connectivity index (χ0v) is 11.2. The van der Waals surface area contributed by atoms with Crippen LogP contribution in [-0.2, 0) is 11.3 Å². The van der Waals surface area contributed by atoms with Gasteiger partial charge in [0.05, 0.1) is 23.5 Å². The summed E-state index contributed by atoms with van der Waals surface area (Å²) >= 11 is 1.60. The Bertz CT molecular complexity index is 565. The molecule has 1 aromatic carbocycles. The molecule has 0 saturated carbocycles. The summed E-state index contributed by atoms with van der Waals surface area (Å²) in [6.45, 7) is 4.05. The van der Waals surface area contributed by atoms with Gasteiger partial charge in [-0.3, -0.25) is 0 Å². The third kappa shape index (κ3) is 2.67. The highest BCUT2D eigenvalue weighted by Gasteiger charge is 2.13. The fourth-order valence-corrected chi connectivity index (χ4v) is 2.66. The van der Waals surface area contributed by atoms with Gasteiger partial charge in [0.25, 0.3) is 0 Å². The molecule has 4 nitrogen and oxygen atoms in total. The van der Waals surface area contributed by atoms with Gasteiger partial charge in [0.2, 0.25) is 0 Å². The Morgan fingerprint density at radius 1 is 1.50 bits per heavy atom. The standard InChI is InChI=1S/C13H16N2O2S/c1-3-9(2)18-13-14-10-6-4-5-7-11(10)15(13)8-12(16)17/h4-7,9H,3,8H2,1-2H3,(H,16,17)/p-1. The van der Waals surface area contributed by atoms with Crippen molar-refractivity contribution in [3.05, 3.63) is 24.3 Å². The second-order valence-electron chi connectivity index (χ2n) is 4.18. The molecular weight excluding hydrogens is 248 g/mol. The number of nitrogens with zero attached hydrogens (tertiary/aromatic N) is 2. The summed E-state index contributed by atoms with van der Waals surface area (Å²) in [6.07, 6.45) is 1.01. The summed E-state index contributed by atoms with van der Waals surface area (Å²) in [5.41, 5.74) is 1.66. The van der Waals surface area contributed by atoms with Crippen molar-refractivity contribution >= 4 is 28.8 Å². The van der Waals surface area contributed by atoms with E-state index in [1.807, 2.05) is 24.3 Å². The molecule has 0 spiro atoms. The molecule has 96 valence electrons. The van der Waals surface area contributed by atoms with Gasteiger partial charge in [-0.2, -0.15) is 0 Å². The third-order valence-corrected chi connectivity index (χ3v) is 4.05. The van der Waals surface area contributed by atoms with E-state index in [4.69, 9.17) is 0 Å². The lowest BCUT2D eigenvalue weighted by molar-refractivity contribution is -0.306. The lowest BCUT2D eigenvalue weighted by Crippen LogP contribution is -2.27. The first-order valence-electron chi connectivity index (χ1n) is 5.93. The molecule has 2 rings (SSSR count). The fraction of sp³-hybridized carbons (Fsp3) is 0.385. The summed E-state index contributed by atoms with van der Waals surface area (Å²) in [5.74, 6) is -1.09. The molecule has 1 aromatic heterocycles. The smallest absolute Gasteiger partial charge is 0.169 e. The Morgan fingerprint density at radius 2 is 2.22 bits per heavy atom. The first kappa shape index (κ1) is 13.0. The normalized spacial score (nSPS) is 12.8. The van der Waals surface area contributed by atoms with Crippen molar-refractivity contribution in [2.24, 2.45) is 0 Å². The number of aliphatic carboxylic acids is 1. The molecule has 1 atom stereocenters. The van der Waals surface area contributed by atoms with Crippen molar-refractivity contribution in [3.63, 3.8) is 0 Å². The SMILES string of the molecule is CCC(C)Sc1nc2ccccc2n1CC(=O)[O-]. The van der Waals surface area contributed by atoms with Crippen molar-refractivity contribution in [1.29, 1.82) is 0 Å². The van der Waals surface area contributed by atoms with Gasteiger partial charge in [0.1, 0.15) is 0 Å². The molecule has 0 bridgehead atoms. The van der Waals surface area contributed by atoms with Gasteiger partial charge >= 0.3 is 0 Å². The van der Waals surface area contributed by atoms with Crippen LogP contribution in [0.4, 0.5) is 0 Å². The predicted molar refractivity (Wildman–Crippen MR) is 70.4 cm³/mol. The largest absolute Gasteiger partial charge is 0.548 e. The fourth-order valence-electron chi connectivity index (χ4n) is 1.69. The number of thioether (sulfide) groups is 1. The number of fused-ring (bicyclic) bond motifs is 1. The van der Waals surface area contributed by atoms with Crippen molar-refractivity contribution in [3.8, 4) is 0 Å². The van der Waals surface area contributed by atoms with Gasteiger partial charge in [-0.1, -0.05) is 37.7 Å². The van der Waals surface area contributed by atoms with Crippen molar-refractivity contribution in [1.82, 2.24) is 9.55 Å². The highest BCUT2D eigenvalue weighted by molar-refractivity contribution is 7.99. The lowest BCUT2D eigenvalue weighted by Gasteiger charge is -2.11. The highest BCUT2D eigenvalue weighted by atomic mass is 32.2. The number of aromatic nitrogens is 2. The second kappa shape index (κ2) is 5.44. The summed E-state index contributed by atoms with van der Waals surface area (Å²) in [4.78, 5) is 15.3. The van der Waals surface area contributed by atoms with Gasteiger partial charge < -0.3 is 14.5 Å². The molecular formula is C13H15N2O2S-. The van der Waals surface area contributed by atoms with E-state index in [0.717, 1.165) is 22.6 Å². The summed E-state index contributed by atoms with van der Waals surface area (Å²) in [6, 6.07) is 7.55. The molecule has 18 heavy (non-hydrogen) atoms. The van der Waals surface area contributed by atoms with Gasteiger partial charge in [-0.25, -0.2) is 4.98 Å². The van der Waals surface area contributed by atoms with E-state index < -0.39 is 5.97 Å². The van der Waals surface area contributed by atoms with Crippen LogP contribution >= 0.6 is 11.8 Å². The maximum Gasteiger partial charge on any atom is 0.169 e. The average molecular weight is 263 g/mol. The van der Waals surface area contributed by atoms with E-state index in [-0.39, 0.29) is 6.54 Å². The van der Waals surface area contributed by atoms with Crippen LogP contribution in [0, 0.1) is 0 Å². The topological polar surface area (TPSA) is 58.0 Å². The number of hydrogen-bond donors (Lipinski definition) is 0. The van der Waals surface area contributed by atoms with Gasteiger partial charge in [0.15, 0.2) is 5.16 Å². The van der Waals surface area contributed by atoms with Crippen LogP contribution in [-0.4, -0.2) is 20.8 Å². The minimum Gasteiger partial charge on any atom is -0.548 e. The highest BCUT2D eigenvalue weighted by Crippen LogP contribution is 2.28. The maximum atomic E-state index is 10.8. The number of imidazole rings is 1. The van der Waals surface area contributed by atoms with Crippen molar-refractivity contribution < 1.29 is 9.90 Å². The molecule has 1 heterocycles. The molecule has 0 radical (unpaired) electrons. The van der Waals surface area contributed by atoms with Crippen LogP contribution in [0.2, 0.25) is 0 Å². The molecule has 0 saturated heterocycles. The summed E-state index contributed by atoms with van der Waals surface area (Å²) in [7, 11) is 0. The van der Waals surface area contributed by atoms with Crippen molar-refractivity contribution in [2.45, 2.75) is 37.2 Å². The zero-order chi connectivity index (χ0) is 13.1. The number of para-hydroxylation sites is 2. The predicted octanol–water partition coefficient (Wildman–Crippen LogP) is 1.68. The molecule has 0 aliphatic rings. The van der Waals surface area contributed by atoms with Crippen molar-refractivity contribution in [2.75, 3.05) is 0 Å². The lowest BCUT2D eigenvalue weighted by atomic mass is 10.3. The maximum absolute atomic E-state index is 10.8. The van der Waals surface area contributed by atoms with Crippen LogP contribution in [0.5, 0.6) is 0 Å². The first-order valence-corrected chi connectivity index (χ1v) is 6.81. The van der Waals surface area contributed by atoms with E-state index in [1.54, 1.807) is 16.3 Å². The average Bonchev–Trinajstić information content (AvgIpc) is 2.67. The Kier molecular flexibility index (Phi) is 3.91. The molecule has 0 aliphatic carbocycles. The number of carboxylic acid groups (broad SMARTS) is 1. The van der Waals surface area contributed by atoms with E-state index in [9.17, 15) is 9.90 Å². The van der Waals surface area contributed by atoms with Crippen LogP contribution in [0.15, 0.2) is 29.4 Å². The van der Waals surface area contributed by atoms with Gasteiger partial charge in [0, 0.05) is 5.25 Å². The van der Waals surface area contributed by atoms with E-state index >= 15 is 0 Å². The molecule has 5 heteroatoms. The Labute approximate surface area is 110 Å². The van der Waals surface area contributed by atoms with E-state index in [1.165, 1.54) is 0 Å². The molecule has 0 fully saturated rings. The van der Waals surface area contributed by atoms with E-state index in [0.29, 0.717) is 5.25 Å². The number of carbonyl (C=O) groups is 1. The molecule has 2 aromatic rings. The van der Waals surface area contributed by atoms with E-state index in [2.05, 4.69) is 18.8 Å². The zero-order valence-electron chi connectivity index (χ0n) is 10.4. The quantitative estimate of drug-likeness (QED) is 0.770. The number of benzene rings is 1. The molecule has 0 aliphatic heterocycles. The summed E-state index contributed by atoms with van der Waals surface area (Å²) < 4.78 is 1.71. The number of hydrogen-bond acceptors (Lipinski definition) is 4. The summed E-state index contributed by atoms with van der Waals surface area (Å²) in [5, 5.41) is 12.0. The monoisotopic (exact) mass is 263 g/mol. The number of carbonyl (C=O) groups excluding carboxylic acids is 1. The molecule has 1 unspecified atom stereocenters. The van der Waals surface area contributed by atoms with Crippen LogP contribution in [0.25, 0.3) is 11.0 Å². The van der Waals surface area contributed by atoms with Crippen LogP contribution in [0.1, 0.15) is 20.3 Å². The van der Waals surface area contributed by atoms with Gasteiger partial charge in [-0.05, 0) is 18.6 Å². The Morgan fingerprint density at radius 3 is 2.89 bits per heavy atom. The third-order valence-electron chi connectivity index (χ3n) is 2.79. The minimum atomic E-state index is -1.09.